The van der Waals surface area contributed by atoms with Gasteiger partial charge >= 0.3 is 0 Å². The number of piperidine rings is 2. The number of ether oxygens (including phenoxy) is 8. The van der Waals surface area contributed by atoms with Crippen LogP contribution in [-0.2, 0) is 16.0 Å². The molecule has 3 aromatic carbocycles. The van der Waals surface area contributed by atoms with E-state index in [2.05, 4.69) is 58.7 Å². The summed E-state index contributed by atoms with van der Waals surface area (Å²) in [6, 6.07) is 12.7. The lowest BCUT2D eigenvalue weighted by atomic mass is 10.0. The molecule has 68 heavy (non-hydrogen) atoms. The summed E-state index contributed by atoms with van der Waals surface area (Å²) in [5.74, 6) is 7.44. The van der Waals surface area contributed by atoms with Gasteiger partial charge in [0.15, 0.2) is 23.0 Å². The molecule has 0 amide bonds. The van der Waals surface area contributed by atoms with Crippen LogP contribution in [0.2, 0.25) is 0 Å². The van der Waals surface area contributed by atoms with Crippen molar-refractivity contribution >= 4 is 61.3 Å². The van der Waals surface area contributed by atoms with Crippen LogP contribution in [0.4, 0.5) is 23.5 Å². The molecule has 5 aromatic rings. The number of morpholine rings is 2. The number of fused-ring (bicyclic) bond motifs is 2. The average Bonchev–Trinajstić information content (AvgIpc) is 3.38. The van der Waals surface area contributed by atoms with Gasteiger partial charge < -0.3 is 63.6 Å². The summed E-state index contributed by atoms with van der Waals surface area (Å²) >= 11 is 3.64. The molecule has 0 unspecified atom stereocenters. The third-order valence-electron chi connectivity index (χ3n) is 12.6. The van der Waals surface area contributed by atoms with E-state index in [4.69, 9.17) is 57.8 Å². The molecule has 368 valence electrons. The summed E-state index contributed by atoms with van der Waals surface area (Å²) in [6.45, 7) is 16.0. The van der Waals surface area contributed by atoms with Gasteiger partial charge in [-0.15, -0.1) is 0 Å². The third kappa shape index (κ3) is 11.9. The van der Waals surface area contributed by atoms with Gasteiger partial charge in [0.25, 0.3) is 0 Å². The largest absolute Gasteiger partial charge is 0.493 e. The summed E-state index contributed by atoms with van der Waals surface area (Å²) in [7, 11) is 6.58. The Morgan fingerprint density at radius 3 is 1.43 bits per heavy atom. The number of hydrogen-bond donors (Lipinski definition) is 3. The standard InChI is InChI=1S/C30H40BrN5O5.C19H27N5O3/c1-5-40-26-15-20(16-27(28(26)31)41-6-2)19-35-9-7-21(8-10-35)32-30-33-23-18-25(38-4)24(37-3)17-22(23)29(34-30)36-11-13-39-14-12-36;1-25-16-11-14-15(12-17(16)26-2)22-19(21-13-3-5-20-6-4-13)23-18(14)24-7-9-27-10-8-24/h15-18,21H,5-14,19H2,1-4H3,(H,32,33,34);11-13,20H,3-10H2,1-2H3,(H,21,22,23). The van der Waals surface area contributed by atoms with Crippen LogP contribution >= 0.6 is 15.9 Å². The van der Waals surface area contributed by atoms with Crippen molar-refractivity contribution in [2.45, 2.75) is 58.2 Å². The van der Waals surface area contributed by atoms with Crippen molar-refractivity contribution in [1.29, 1.82) is 0 Å². The Morgan fingerprint density at radius 2 is 1.00 bits per heavy atom. The van der Waals surface area contributed by atoms with Gasteiger partial charge in [-0.3, -0.25) is 4.90 Å². The maximum atomic E-state index is 5.85. The molecule has 4 aliphatic rings. The quantitative estimate of drug-likeness (QED) is 0.0946. The second-order valence-electron chi connectivity index (χ2n) is 17.0. The Labute approximate surface area is 407 Å². The zero-order valence-electron chi connectivity index (χ0n) is 40.3. The van der Waals surface area contributed by atoms with Gasteiger partial charge in [0, 0.05) is 80.8 Å². The molecule has 4 aliphatic heterocycles. The summed E-state index contributed by atoms with van der Waals surface area (Å²) < 4.78 is 45.8. The number of methoxy groups -OCH3 is 4. The highest BCUT2D eigenvalue weighted by Gasteiger charge is 2.25. The Morgan fingerprint density at radius 1 is 0.574 bits per heavy atom. The van der Waals surface area contributed by atoms with Crippen LogP contribution in [0.25, 0.3) is 21.8 Å². The highest BCUT2D eigenvalue weighted by molar-refractivity contribution is 9.10. The van der Waals surface area contributed by atoms with E-state index in [0.717, 1.165) is 134 Å². The lowest BCUT2D eigenvalue weighted by molar-refractivity contribution is 0.122. The van der Waals surface area contributed by atoms with Crippen molar-refractivity contribution in [3.63, 3.8) is 0 Å². The number of halogens is 1. The minimum atomic E-state index is 0.282. The van der Waals surface area contributed by atoms with E-state index < -0.39 is 0 Å². The molecule has 4 fully saturated rings. The smallest absolute Gasteiger partial charge is 0.225 e. The zero-order chi connectivity index (χ0) is 47.4. The molecular weight excluding hydrogens is 937 g/mol. The number of nitrogens with zero attached hydrogens (tertiary/aromatic N) is 7. The van der Waals surface area contributed by atoms with Gasteiger partial charge in [-0.25, -0.2) is 9.97 Å². The molecule has 18 nitrogen and oxygen atoms in total. The molecule has 19 heteroatoms. The monoisotopic (exact) mass is 1000 g/mol. The normalized spacial score (nSPS) is 17.3. The summed E-state index contributed by atoms with van der Waals surface area (Å²) in [4.78, 5) is 26.6. The van der Waals surface area contributed by atoms with E-state index in [1.54, 1.807) is 28.4 Å². The summed E-state index contributed by atoms with van der Waals surface area (Å²) in [5, 5.41) is 12.5. The lowest BCUT2D eigenvalue weighted by Crippen LogP contribution is -2.39. The number of hydrogen-bond acceptors (Lipinski definition) is 18. The number of likely N-dealkylation sites (tertiary alicyclic amines) is 1. The van der Waals surface area contributed by atoms with Crippen molar-refractivity contribution in [3.05, 3.63) is 46.4 Å². The van der Waals surface area contributed by atoms with E-state index in [0.29, 0.717) is 80.6 Å². The van der Waals surface area contributed by atoms with Gasteiger partial charge in [-0.05, 0) is 98.4 Å². The van der Waals surface area contributed by atoms with E-state index in [9.17, 15) is 0 Å². The van der Waals surface area contributed by atoms with Crippen LogP contribution < -0.4 is 54.2 Å². The molecule has 2 aromatic heterocycles. The van der Waals surface area contributed by atoms with Gasteiger partial charge in [0.05, 0.1) is 79.1 Å². The molecule has 9 rings (SSSR count). The highest BCUT2D eigenvalue weighted by Crippen LogP contribution is 2.39. The van der Waals surface area contributed by atoms with Crippen molar-refractivity contribution in [2.24, 2.45) is 0 Å². The van der Waals surface area contributed by atoms with Gasteiger partial charge in [0.2, 0.25) is 11.9 Å². The maximum absolute atomic E-state index is 5.85. The van der Waals surface area contributed by atoms with Crippen molar-refractivity contribution in [3.8, 4) is 34.5 Å². The number of benzene rings is 3. The van der Waals surface area contributed by atoms with Crippen molar-refractivity contribution < 1.29 is 37.9 Å². The van der Waals surface area contributed by atoms with Crippen LogP contribution in [0.15, 0.2) is 40.9 Å². The van der Waals surface area contributed by atoms with Gasteiger partial charge in [-0.2, -0.15) is 9.97 Å². The topological polar surface area (TPSA) is 171 Å². The van der Waals surface area contributed by atoms with Crippen molar-refractivity contribution in [2.75, 3.05) is 141 Å². The van der Waals surface area contributed by atoms with Gasteiger partial charge in [-0.1, -0.05) is 0 Å². The average molecular weight is 1000 g/mol. The van der Waals surface area contributed by atoms with Crippen LogP contribution in [0, 0.1) is 0 Å². The van der Waals surface area contributed by atoms with Crippen LogP contribution in [0.1, 0.15) is 45.1 Å². The first-order valence-electron chi connectivity index (χ1n) is 23.9. The summed E-state index contributed by atoms with van der Waals surface area (Å²) in [5.41, 5.74) is 2.86. The Balaban J connectivity index is 0.000000200. The van der Waals surface area contributed by atoms with Crippen LogP contribution in [-0.4, -0.2) is 157 Å². The van der Waals surface area contributed by atoms with E-state index in [1.165, 1.54) is 5.56 Å². The molecule has 0 saturated carbocycles. The van der Waals surface area contributed by atoms with Crippen LogP contribution in [0.5, 0.6) is 34.5 Å². The SMILES string of the molecule is CCOc1cc(CN2CCC(Nc3nc(N4CCOCC4)c4cc(OC)c(OC)cc4n3)CC2)cc(OCC)c1Br.COc1cc2nc(NC3CCNCC3)nc(N3CCOCC3)c2cc1OC. The van der Waals surface area contributed by atoms with Crippen LogP contribution in [0.3, 0.4) is 0 Å². The first-order valence-corrected chi connectivity index (χ1v) is 24.7. The molecule has 3 N–H and O–H groups in total. The van der Waals surface area contributed by atoms with E-state index in [1.807, 2.05) is 38.1 Å². The second kappa shape index (κ2) is 23.8. The molecule has 0 bridgehead atoms. The predicted molar refractivity (Wildman–Crippen MR) is 269 cm³/mol. The Bertz CT molecular complexity index is 2420. The zero-order valence-corrected chi connectivity index (χ0v) is 41.9. The molecular formula is C49H67BrN10O8. The number of nitrogens with one attached hydrogen (secondary N) is 3. The molecule has 0 spiro atoms. The molecule has 0 aliphatic carbocycles. The highest BCUT2D eigenvalue weighted by atomic mass is 79.9. The van der Waals surface area contributed by atoms with E-state index >= 15 is 0 Å². The predicted octanol–water partition coefficient (Wildman–Crippen LogP) is 6.77. The third-order valence-corrected chi connectivity index (χ3v) is 13.4. The minimum absolute atomic E-state index is 0.282. The Hall–Kier alpha value is -5.34. The molecule has 6 heterocycles. The fraction of sp³-hybridized carbons (Fsp3) is 0.551. The first kappa shape index (κ1) is 49.1. The molecule has 4 saturated heterocycles. The fourth-order valence-electron chi connectivity index (χ4n) is 9.10. The summed E-state index contributed by atoms with van der Waals surface area (Å²) in [6.07, 6.45) is 4.13. The molecule has 0 radical (unpaired) electrons. The Kier molecular flexibility index (Phi) is 17.2. The van der Waals surface area contributed by atoms with E-state index in [-0.39, 0.29) is 6.04 Å². The lowest BCUT2D eigenvalue weighted by Gasteiger charge is -2.33. The fourth-order valence-corrected chi connectivity index (χ4v) is 9.56. The minimum Gasteiger partial charge on any atom is -0.493 e. The number of anilines is 4. The first-order chi connectivity index (χ1) is 33.3. The molecule has 0 atom stereocenters. The van der Waals surface area contributed by atoms with Crippen molar-refractivity contribution in [1.82, 2.24) is 30.2 Å². The maximum Gasteiger partial charge on any atom is 0.225 e. The number of aromatic nitrogens is 4. The number of rotatable bonds is 16. The second-order valence-corrected chi connectivity index (χ2v) is 17.8. The van der Waals surface area contributed by atoms with Gasteiger partial charge in [0.1, 0.15) is 27.6 Å².